The molecule has 1 N–H and O–H groups in total. The van der Waals surface area contributed by atoms with Gasteiger partial charge in [-0.3, -0.25) is 9.59 Å². The van der Waals surface area contributed by atoms with Crippen molar-refractivity contribution in [3.05, 3.63) is 41.3 Å². The van der Waals surface area contributed by atoms with E-state index in [0.29, 0.717) is 17.8 Å². The highest BCUT2D eigenvalue weighted by Crippen LogP contribution is 2.35. The summed E-state index contributed by atoms with van der Waals surface area (Å²) in [5.41, 5.74) is 0.959. The van der Waals surface area contributed by atoms with Gasteiger partial charge in [-0.25, -0.2) is 4.98 Å². The van der Waals surface area contributed by atoms with E-state index in [4.69, 9.17) is 0 Å². The number of amides is 1. The van der Waals surface area contributed by atoms with E-state index in [1.54, 1.807) is 16.2 Å². The summed E-state index contributed by atoms with van der Waals surface area (Å²) in [4.78, 5) is 31.9. The van der Waals surface area contributed by atoms with Gasteiger partial charge in [0, 0.05) is 12.6 Å². The Morgan fingerprint density at radius 3 is 2.72 bits per heavy atom. The molecule has 1 aromatic carbocycles. The zero-order chi connectivity index (χ0) is 17.6. The Morgan fingerprint density at radius 2 is 2.00 bits per heavy atom. The van der Waals surface area contributed by atoms with Crippen LogP contribution in [0.4, 0.5) is 0 Å². The predicted molar refractivity (Wildman–Crippen MR) is 99.2 cm³/mol. The number of thiophene rings is 1. The van der Waals surface area contributed by atoms with Crippen molar-refractivity contribution in [3.63, 3.8) is 0 Å². The number of likely N-dealkylation sites (tertiary alicyclic amines) is 1. The number of thiazole rings is 1. The number of rotatable bonds is 3. The van der Waals surface area contributed by atoms with Crippen molar-refractivity contribution < 1.29 is 14.7 Å². The Morgan fingerprint density at radius 1 is 1.20 bits per heavy atom. The summed E-state index contributed by atoms with van der Waals surface area (Å²) in [5.74, 6) is -1.40. The molecule has 25 heavy (non-hydrogen) atoms. The van der Waals surface area contributed by atoms with Gasteiger partial charge in [0.1, 0.15) is 5.01 Å². The highest BCUT2D eigenvalue weighted by atomic mass is 32.1. The van der Waals surface area contributed by atoms with Crippen LogP contribution in [0.2, 0.25) is 0 Å². The van der Waals surface area contributed by atoms with Crippen molar-refractivity contribution in [2.45, 2.75) is 19.4 Å². The molecular formula is C18H16N2O3S2. The number of aromatic nitrogens is 1. The van der Waals surface area contributed by atoms with Gasteiger partial charge in [-0.1, -0.05) is 12.1 Å². The van der Waals surface area contributed by atoms with Crippen molar-refractivity contribution in [3.8, 4) is 9.88 Å². The fourth-order valence-corrected chi connectivity index (χ4v) is 5.23. The van der Waals surface area contributed by atoms with E-state index in [1.165, 1.54) is 11.3 Å². The van der Waals surface area contributed by atoms with Crippen LogP contribution in [0.15, 0.2) is 36.4 Å². The summed E-state index contributed by atoms with van der Waals surface area (Å²) in [6, 6.07) is 11.4. The number of carboxylic acid groups (broad SMARTS) is 1. The van der Waals surface area contributed by atoms with Crippen molar-refractivity contribution >= 4 is 44.8 Å². The Labute approximate surface area is 152 Å². The highest BCUT2D eigenvalue weighted by molar-refractivity contribution is 7.26. The van der Waals surface area contributed by atoms with Crippen LogP contribution in [0.5, 0.6) is 0 Å². The summed E-state index contributed by atoms with van der Waals surface area (Å²) in [7, 11) is 0. The molecule has 7 heteroatoms. The quantitative estimate of drug-likeness (QED) is 0.755. The predicted octanol–water partition coefficient (Wildman–Crippen LogP) is 3.96. The second-order valence-electron chi connectivity index (χ2n) is 6.12. The number of aliphatic carboxylic acids is 1. The van der Waals surface area contributed by atoms with Gasteiger partial charge in [0.25, 0.3) is 5.91 Å². The summed E-state index contributed by atoms with van der Waals surface area (Å²) < 4.78 is 1.12. The van der Waals surface area contributed by atoms with Crippen molar-refractivity contribution in [2.75, 3.05) is 6.54 Å². The number of para-hydroxylation sites is 1. The minimum Gasteiger partial charge on any atom is -0.481 e. The van der Waals surface area contributed by atoms with Crippen LogP contribution in [0.1, 0.15) is 23.0 Å². The third-order valence-electron chi connectivity index (χ3n) is 4.65. The molecule has 3 heterocycles. The number of hydrogen-bond acceptors (Lipinski definition) is 5. The number of nitrogens with zero attached hydrogens (tertiary/aromatic N) is 2. The third-order valence-corrected chi connectivity index (χ3v) is 6.93. The van der Waals surface area contributed by atoms with E-state index in [-0.39, 0.29) is 11.9 Å². The van der Waals surface area contributed by atoms with Crippen LogP contribution in [0.3, 0.4) is 0 Å². The normalized spacial score (nSPS) is 20.3. The summed E-state index contributed by atoms with van der Waals surface area (Å²) >= 11 is 3.03. The Kier molecular flexibility index (Phi) is 4.05. The molecule has 0 spiro atoms. The smallest absolute Gasteiger partial charge is 0.308 e. The number of carboxylic acids is 1. The fourth-order valence-electron chi connectivity index (χ4n) is 3.24. The number of carbonyl (C=O) groups is 2. The van der Waals surface area contributed by atoms with Gasteiger partial charge in [0.2, 0.25) is 0 Å². The van der Waals surface area contributed by atoms with Gasteiger partial charge in [-0.05, 0) is 37.6 Å². The highest BCUT2D eigenvalue weighted by Gasteiger charge is 2.38. The van der Waals surface area contributed by atoms with Crippen LogP contribution >= 0.6 is 22.7 Å². The van der Waals surface area contributed by atoms with E-state index in [1.807, 2.05) is 43.3 Å². The van der Waals surface area contributed by atoms with Gasteiger partial charge in [-0.2, -0.15) is 0 Å². The van der Waals surface area contributed by atoms with Gasteiger partial charge < -0.3 is 10.0 Å². The first kappa shape index (κ1) is 16.2. The summed E-state index contributed by atoms with van der Waals surface area (Å²) in [6.07, 6.45) is 0.512. The lowest BCUT2D eigenvalue weighted by molar-refractivity contribution is -0.142. The zero-order valence-electron chi connectivity index (χ0n) is 13.5. The number of benzene rings is 1. The first-order chi connectivity index (χ1) is 12.0. The second-order valence-corrected chi connectivity index (χ2v) is 8.24. The standard InChI is InChI=1S/C18H16N2O3S2/c1-10-11(18(22)23)8-9-20(10)17(21)15-7-6-14(24-15)16-19-12-4-2-3-5-13(12)25-16/h2-7,10-11H,8-9H2,1H3,(H,22,23). The summed E-state index contributed by atoms with van der Waals surface area (Å²) in [5, 5.41) is 10.1. The number of carbonyl (C=O) groups excluding carboxylic acids is 1. The van der Waals surface area contributed by atoms with Gasteiger partial charge in [0.15, 0.2) is 0 Å². The van der Waals surface area contributed by atoms with Gasteiger partial charge in [0.05, 0.1) is 25.9 Å². The monoisotopic (exact) mass is 372 g/mol. The van der Waals surface area contributed by atoms with E-state index in [2.05, 4.69) is 4.98 Å². The SMILES string of the molecule is CC1C(C(=O)O)CCN1C(=O)c1ccc(-c2nc3ccccc3s2)s1. The molecule has 0 aliphatic carbocycles. The molecule has 4 rings (SSSR count). The average Bonchev–Trinajstić information content (AvgIpc) is 3.31. The molecule has 5 nitrogen and oxygen atoms in total. The Hall–Kier alpha value is -2.25. The van der Waals surface area contributed by atoms with Crippen LogP contribution < -0.4 is 0 Å². The lowest BCUT2D eigenvalue weighted by atomic mass is 10.0. The fraction of sp³-hybridized carbons (Fsp3) is 0.278. The molecule has 2 atom stereocenters. The first-order valence-electron chi connectivity index (χ1n) is 8.04. The molecule has 2 unspecified atom stereocenters. The zero-order valence-corrected chi connectivity index (χ0v) is 15.1. The first-order valence-corrected chi connectivity index (χ1v) is 9.67. The maximum atomic E-state index is 12.8. The molecule has 0 radical (unpaired) electrons. The van der Waals surface area contributed by atoms with Gasteiger partial charge >= 0.3 is 5.97 Å². The van der Waals surface area contributed by atoms with E-state index in [9.17, 15) is 14.7 Å². The largest absolute Gasteiger partial charge is 0.481 e. The Balaban J connectivity index is 1.59. The molecule has 0 saturated carbocycles. The van der Waals surface area contributed by atoms with Crippen molar-refractivity contribution in [2.24, 2.45) is 5.92 Å². The molecule has 0 bridgehead atoms. The van der Waals surface area contributed by atoms with Crippen molar-refractivity contribution in [1.82, 2.24) is 9.88 Å². The molecular weight excluding hydrogens is 356 g/mol. The molecule has 3 aromatic rings. The average molecular weight is 372 g/mol. The van der Waals surface area contributed by atoms with Gasteiger partial charge in [-0.15, -0.1) is 22.7 Å². The minimum atomic E-state index is -0.829. The molecule has 1 amide bonds. The van der Waals surface area contributed by atoms with Crippen molar-refractivity contribution in [1.29, 1.82) is 0 Å². The Bertz CT molecular complexity index is 929. The topological polar surface area (TPSA) is 70.5 Å². The third kappa shape index (κ3) is 2.83. The molecule has 128 valence electrons. The van der Waals surface area contributed by atoms with Crippen LogP contribution in [-0.2, 0) is 4.79 Å². The van der Waals surface area contributed by atoms with Crippen LogP contribution in [-0.4, -0.2) is 39.5 Å². The van der Waals surface area contributed by atoms with E-state index < -0.39 is 11.9 Å². The molecule has 1 aliphatic rings. The second kappa shape index (κ2) is 6.24. The summed E-state index contributed by atoms with van der Waals surface area (Å²) in [6.45, 7) is 2.30. The van der Waals surface area contributed by atoms with E-state index in [0.717, 1.165) is 20.1 Å². The minimum absolute atomic E-state index is 0.0892. The van der Waals surface area contributed by atoms with Crippen LogP contribution in [0.25, 0.3) is 20.1 Å². The van der Waals surface area contributed by atoms with E-state index >= 15 is 0 Å². The number of hydrogen-bond donors (Lipinski definition) is 1. The molecule has 2 aromatic heterocycles. The molecule has 1 saturated heterocycles. The maximum absolute atomic E-state index is 12.8. The molecule has 1 fully saturated rings. The lowest BCUT2D eigenvalue weighted by Crippen LogP contribution is -2.37. The maximum Gasteiger partial charge on any atom is 0.308 e. The number of fused-ring (bicyclic) bond motifs is 1. The van der Waals surface area contributed by atoms with Crippen LogP contribution in [0, 0.1) is 5.92 Å². The molecule has 1 aliphatic heterocycles. The lowest BCUT2D eigenvalue weighted by Gasteiger charge is -2.22.